The van der Waals surface area contributed by atoms with Gasteiger partial charge in [0.2, 0.25) is 0 Å². The Bertz CT molecular complexity index is 290. The zero-order chi connectivity index (χ0) is 15.4. The molecule has 20 heavy (non-hydrogen) atoms. The third kappa shape index (κ3) is 7.36. The quantitative estimate of drug-likeness (QED) is 0.453. The lowest BCUT2D eigenvalue weighted by atomic mass is 9.80. The Kier molecular flexibility index (Phi) is 9.86. The van der Waals surface area contributed by atoms with Gasteiger partial charge in [0.1, 0.15) is 0 Å². The summed E-state index contributed by atoms with van der Waals surface area (Å²) in [5.74, 6) is -0.162. The van der Waals surface area contributed by atoms with Gasteiger partial charge in [0.25, 0.3) is 0 Å². The van der Waals surface area contributed by atoms with Crippen LogP contribution in [-0.2, 0) is 19.0 Å². The Morgan fingerprint density at radius 3 is 2.05 bits per heavy atom. The van der Waals surface area contributed by atoms with Crippen LogP contribution in [0, 0.1) is 5.41 Å². The van der Waals surface area contributed by atoms with E-state index in [0.29, 0.717) is 26.1 Å². The fraction of sp³-hybridized carbons (Fsp3) is 0.867. The lowest BCUT2D eigenvalue weighted by Gasteiger charge is -2.27. The molecule has 0 aromatic carbocycles. The van der Waals surface area contributed by atoms with Crippen molar-refractivity contribution in [2.45, 2.75) is 59.8 Å². The summed E-state index contributed by atoms with van der Waals surface area (Å²) in [7, 11) is 0. The molecule has 0 heterocycles. The molecule has 5 nitrogen and oxygen atoms in total. The lowest BCUT2D eigenvalue weighted by molar-refractivity contribution is -0.155. The second-order valence-electron chi connectivity index (χ2n) is 5.02. The van der Waals surface area contributed by atoms with Gasteiger partial charge in [-0.15, -0.1) is 0 Å². The van der Waals surface area contributed by atoms with Crippen LogP contribution in [0.1, 0.15) is 59.8 Å². The number of carbonyl (C=O) groups is 2. The third-order valence-electron chi connectivity index (χ3n) is 3.21. The number of ether oxygens (including phenoxy) is 3. The topological polar surface area (TPSA) is 61.8 Å². The predicted molar refractivity (Wildman–Crippen MR) is 76.5 cm³/mol. The van der Waals surface area contributed by atoms with Crippen LogP contribution < -0.4 is 0 Å². The Hall–Kier alpha value is -1.26. The number of carbonyl (C=O) groups excluding carboxylic acids is 2. The number of rotatable bonds is 10. The normalized spacial score (nSPS) is 13.4. The molecule has 0 spiro atoms. The maximum absolute atomic E-state index is 12.0. The van der Waals surface area contributed by atoms with E-state index in [1.807, 2.05) is 13.8 Å². The van der Waals surface area contributed by atoms with E-state index in [4.69, 9.17) is 9.47 Å². The van der Waals surface area contributed by atoms with Crippen LogP contribution in [0.2, 0.25) is 0 Å². The summed E-state index contributed by atoms with van der Waals surface area (Å²) in [6.07, 6.45) is 3.42. The molecule has 0 aromatic heterocycles. The van der Waals surface area contributed by atoms with Gasteiger partial charge in [-0.05, 0) is 40.0 Å². The van der Waals surface area contributed by atoms with Crippen LogP contribution in [0.4, 0.5) is 4.79 Å². The van der Waals surface area contributed by atoms with Crippen molar-refractivity contribution >= 4 is 12.1 Å². The summed E-state index contributed by atoms with van der Waals surface area (Å²) in [4.78, 5) is 23.1. The van der Waals surface area contributed by atoms with Crippen LogP contribution in [0.15, 0.2) is 0 Å². The average Bonchev–Trinajstić information content (AvgIpc) is 2.42. The maximum Gasteiger partial charge on any atom is 0.508 e. The first-order valence-corrected chi connectivity index (χ1v) is 7.47. The first kappa shape index (κ1) is 18.7. The molecule has 0 bridgehead atoms. The second kappa shape index (κ2) is 10.5. The van der Waals surface area contributed by atoms with Gasteiger partial charge in [-0.3, -0.25) is 4.79 Å². The highest BCUT2D eigenvalue weighted by molar-refractivity contribution is 5.76. The van der Waals surface area contributed by atoms with Gasteiger partial charge >= 0.3 is 12.1 Å². The number of unbranched alkanes of at least 4 members (excludes halogenated alkanes) is 1. The van der Waals surface area contributed by atoms with Crippen molar-refractivity contribution in [1.82, 2.24) is 0 Å². The van der Waals surface area contributed by atoms with Gasteiger partial charge in [0.15, 0.2) is 0 Å². The molecule has 0 saturated carbocycles. The van der Waals surface area contributed by atoms with Crippen molar-refractivity contribution in [3.05, 3.63) is 0 Å². The standard InChI is InChI=1S/C15H28O5/c1-5-8-10-15(4,13(16)18-6-2)11-9-12-20-14(17)19-7-3/h5-12H2,1-4H3. The van der Waals surface area contributed by atoms with Gasteiger partial charge in [0, 0.05) is 0 Å². The Morgan fingerprint density at radius 2 is 1.50 bits per heavy atom. The van der Waals surface area contributed by atoms with Gasteiger partial charge in [0.05, 0.1) is 25.2 Å². The number of hydrogen-bond donors (Lipinski definition) is 0. The molecular formula is C15H28O5. The fourth-order valence-electron chi connectivity index (χ4n) is 1.98. The van der Waals surface area contributed by atoms with Gasteiger partial charge < -0.3 is 14.2 Å². The summed E-state index contributed by atoms with van der Waals surface area (Å²) in [5.41, 5.74) is -0.496. The van der Waals surface area contributed by atoms with E-state index < -0.39 is 11.6 Å². The van der Waals surface area contributed by atoms with Crippen LogP contribution in [0.25, 0.3) is 0 Å². The number of esters is 1. The van der Waals surface area contributed by atoms with Crippen molar-refractivity contribution < 1.29 is 23.8 Å². The highest BCUT2D eigenvalue weighted by Gasteiger charge is 2.33. The van der Waals surface area contributed by atoms with Crippen molar-refractivity contribution in [3.63, 3.8) is 0 Å². The van der Waals surface area contributed by atoms with Gasteiger partial charge in [-0.2, -0.15) is 0 Å². The smallest absolute Gasteiger partial charge is 0.466 e. The molecule has 0 fully saturated rings. The van der Waals surface area contributed by atoms with Crippen molar-refractivity contribution in [1.29, 1.82) is 0 Å². The van der Waals surface area contributed by atoms with E-state index in [9.17, 15) is 9.59 Å². The van der Waals surface area contributed by atoms with Crippen LogP contribution >= 0.6 is 0 Å². The molecule has 1 unspecified atom stereocenters. The fourth-order valence-corrected chi connectivity index (χ4v) is 1.98. The van der Waals surface area contributed by atoms with Crippen LogP contribution in [-0.4, -0.2) is 31.9 Å². The summed E-state index contributed by atoms with van der Waals surface area (Å²) >= 11 is 0. The minimum Gasteiger partial charge on any atom is -0.466 e. The van der Waals surface area contributed by atoms with Crippen LogP contribution in [0.3, 0.4) is 0 Å². The van der Waals surface area contributed by atoms with E-state index in [2.05, 4.69) is 11.7 Å². The molecule has 0 N–H and O–H groups in total. The molecule has 0 radical (unpaired) electrons. The minimum absolute atomic E-state index is 0.162. The summed E-state index contributed by atoms with van der Waals surface area (Å²) in [6, 6.07) is 0. The van der Waals surface area contributed by atoms with E-state index in [0.717, 1.165) is 19.3 Å². The Labute approximate surface area is 122 Å². The zero-order valence-corrected chi connectivity index (χ0v) is 13.2. The summed E-state index contributed by atoms with van der Waals surface area (Å²) in [6.45, 7) is 8.50. The van der Waals surface area contributed by atoms with Gasteiger partial charge in [-0.25, -0.2) is 4.79 Å². The van der Waals surface area contributed by atoms with Crippen LogP contribution in [0.5, 0.6) is 0 Å². The molecule has 118 valence electrons. The van der Waals surface area contributed by atoms with E-state index in [-0.39, 0.29) is 12.6 Å². The molecule has 5 heteroatoms. The Morgan fingerprint density at radius 1 is 0.900 bits per heavy atom. The highest BCUT2D eigenvalue weighted by atomic mass is 16.7. The monoisotopic (exact) mass is 288 g/mol. The second-order valence-corrected chi connectivity index (χ2v) is 5.02. The summed E-state index contributed by atoms with van der Waals surface area (Å²) < 4.78 is 14.7. The van der Waals surface area contributed by atoms with Crippen molar-refractivity contribution in [2.24, 2.45) is 5.41 Å². The van der Waals surface area contributed by atoms with Gasteiger partial charge in [-0.1, -0.05) is 19.8 Å². The predicted octanol–water partition coefficient (Wildman–Crippen LogP) is 3.70. The van der Waals surface area contributed by atoms with E-state index >= 15 is 0 Å². The highest BCUT2D eigenvalue weighted by Crippen LogP contribution is 2.31. The molecule has 0 rings (SSSR count). The SMILES string of the molecule is CCCCC(C)(CCCOC(=O)OCC)C(=O)OCC. The summed E-state index contributed by atoms with van der Waals surface area (Å²) in [5, 5.41) is 0. The van der Waals surface area contributed by atoms with E-state index in [1.165, 1.54) is 0 Å². The molecule has 0 saturated heterocycles. The molecule has 0 aliphatic rings. The lowest BCUT2D eigenvalue weighted by Crippen LogP contribution is -2.30. The largest absolute Gasteiger partial charge is 0.508 e. The first-order chi connectivity index (χ1) is 9.50. The molecule has 0 aromatic rings. The first-order valence-electron chi connectivity index (χ1n) is 7.47. The molecule has 1 atom stereocenters. The Balaban J connectivity index is 4.22. The number of hydrogen-bond acceptors (Lipinski definition) is 5. The minimum atomic E-state index is -0.654. The molecule has 0 aliphatic carbocycles. The average molecular weight is 288 g/mol. The molecule has 0 aliphatic heterocycles. The third-order valence-corrected chi connectivity index (χ3v) is 3.21. The molecular weight excluding hydrogens is 260 g/mol. The van der Waals surface area contributed by atoms with Crippen molar-refractivity contribution in [3.8, 4) is 0 Å². The maximum atomic E-state index is 12.0. The zero-order valence-electron chi connectivity index (χ0n) is 13.2. The van der Waals surface area contributed by atoms with E-state index in [1.54, 1.807) is 6.92 Å². The molecule has 0 amide bonds. The van der Waals surface area contributed by atoms with Crippen molar-refractivity contribution in [2.75, 3.05) is 19.8 Å².